The predicted octanol–water partition coefficient (Wildman–Crippen LogP) is 3.05. The van der Waals surface area contributed by atoms with Crippen molar-refractivity contribution in [3.8, 4) is 11.3 Å². The molecule has 0 saturated carbocycles. The van der Waals surface area contributed by atoms with E-state index < -0.39 is 0 Å². The highest BCUT2D eigenvalue weighted by atomic mass is 32.2. The second-order valence-corrected chi connectivity index (χ2v) is 6.43. The van der Waals surface area contributed by atoms with Gasteiger partial charge in [-0.3, -0.25) is 4.79 Å². The number of hydrogen-bond acceptors (Lipinski definition) is 5. The molecule has 21 heavy (non-hydrogen) atoms. The van der Waals surface area contributed by atoms with Crippen molar-refractivity contribution in [2.45, 2.75) is 10.8 Å². The number of amides is 1. The third kappa shape index (κ3) is 5.49. The quantitative estimate of drug-likeness (QED) is 0.599. The average Bonchev–Trinajstić information content (AvgIpc) is 2.99. The first-order valence-electron chi connectivity index (χ1n) is 6.69. The number of hydrogen-bond donors (Lipinski definition) is 1. The summed E-state index contributed by atoms with van der Waals surface area (Å²) in [6, 6.07) is 10.0. The molecule has 0 atom stereocenters. The fourth-order valence-electron chi connectivity index (χ4n) is 1.69. The van der Waals surface area contributed by atoms with Crippen molar-refractivity contribution in [1.82, 2.24) is 10.3 Å². The minimum Gasteiger partial charge on any atom is -0.385 e. The van der Waals surface area contributed by atoms with Gasteiger partial charge in [-0.25, -0.2) is 4.98 Å². The van der Waals surface area contributed by atoms with Gasteiger partial charge in [-0.15, -0.1) is 11.3 Å². The van der Waals surface area contributed by atoms with Crippen molar-refractivity contribution in [2.24, 2.45) is 0 Å². The Bertz CT molecular complexity index is 558. The first-order valence-corrected chi connectivity index (χ1v) is 8.55. The largest absolute Gasteiger partial charge is 0.385 e. The van der Waals surface area contributed by atoms with E-state index in [2.05, 4.69) is 10.3 Å². The number of rotatable bonds is 8. The Hall–Kier alpha value is -1.37. The van der Waals surface area contributed by atoms with Gasteiger partial charge < -0.3 is 10.1 Å². The van der Waals surface area contributed by atoms with Gasteiger partial charge in [-0.05, 0) is 6.42 Å². The standard InChI is InChI=1S/C15H18N2O2S2/c1-19-9-5-8-16-14(18)11-21-15-17-13(10-20-15)12-6-3-2-4-7-12/h2-4,6-7,10H,5,8-9,11H2,1H3,(H,16,18). The normalized spacial score (nSPS) is 10.5. The Morgan fingerprint density at radius 3 is 2.95 bits per heavy atom. The molecule has 1 aromatic carbocycles. The van der Waals surface area contributed by atoms with Crippen LogP contribution in [-0.2, 0) is 9.53 Å². The van der Waals surface area contributed by atoms with E-state index in [4.69, 9.17) is 4.74 Å². The maximum absolute atomic E-state index is 11.7. The van der Waals surface area contributed by atoms with Gasteiger partial charge in [-0.1, -0.05) is 42.1 Å². The molecule has 1 N–H and O–H groups in total. The molecule has 4 nitrogen and oxygen atoms in total. The summed E-state index contributed by atoms with van der Waals surface area (Å²) in [6.45, 7) is 1.32. The SMILES string of the molecule is COCCCNC(=O)CSc1nc(-c2ccccc2)cs1. The van der Waals surface area contributed by atoms with E-state index in [1.807, 2.05) is 35.7 Å². The lowest BCUT2D eigenvalue weighted by atomic mass is 10.2. The fraction of sp³-hybridized carbons (Fsp3) is 0.333. The van der Waals surface area contributed by atoms with Crippen LogP contribution in [0.25, 0.3) is 11.3 Å². The highest BCUT2D eigenvalue weighted by molar-refractivity contribution is 8.01. The topological polar surface area (TPSA) is 51.2 Å². The minimum atomic E-state index is 0.0348. The molecule has 0 fully saturated rings. The summed E-state index contributed by atoms with van der Waals surface area (Å²) in [6.07, 6.45) is 0.836. The number of benzene rings is 1. The number of methoxy groups -OCH3 is 1. The molecule has 0 aliphatic carbocycles. The molecule has 1 heterocycles. The summed E-state index contributed by atoms with van der Waals surface area (Å²) in [7, 11) is 1.66. The Balaban J connectivity index is 1.77. The van der Waals surface area contributed by atoms with Gasteiger partial charge in [0, 0.05) is 31.2 Å². The van der Waals surface area contributed by atoms with Gasteiger partial charge in [-0.2, -0.15) is 0 Å². The first-order chi connectivity index (χ1) is 10.3. The van der Waals surface area contributed by atoms with Crippen LogP contribution in [-0.4, -0.2) is 36.9 Å². The zero-order valence-corrected chi connectivity index (χ0v) is 13.5. The molecule has 6 heteroatoms. The lowest BCUT2D eigenvalue weighted by Crippen LogP contribution is -2.26. The second kappa shape index (κ2) is 8.81. The van der Waals surface area contributed by atoms with E-state index in [9.17, 15) is 4.79 Å². The summed E-state index contributed by atoms with van der Waals surface area (Å²) in [4.78, 5) is 16.2. The van der Waals surface area contributed by atoms with E-state index in [-0.39, 0.29) is 5.91 Å². The third-order valence-electron chi connectivity index (χ3n) is 2.73. The molecule has 1 aromatic heterocycles. The molecular formula is C15H18N2O2S2. The first kappa shape index (κ1) is 16.0. The summed E-state index contributed by atoms with van der Waals surface area (Å²) in [5, 5.41) is 4.89. The number of thiazole rings is 1. The summed E-state index contributed by atoms with van der Waals surface area (Å²) >= 11 is 3.04. The molecular weight excluding hydrogens is 304 g/mol. The van der Waals surface area contributed by atoms with E-state index in [1.54, 1.807) is 18.4 Å². The Morgan fingerprint density at radius 2 is 2.19 bits per heavy atom. The molecule has 0 aliphatic heterocycles. The summed E-state index contributed by atoms with van der Waals surface area (Å²) in [5.41, 5.74) is 2.06. The summed E-state index contributed by atoms with van der Waals surface area (Å²) in [5.74, 6) is 0.432. The van der Waals surface area contributed by atoms with Crippen LogP contribution in [0.4, 0.5) is 0 Å². The molecule has 0 spiro atoms. The van der Waals surface area contributed by atoms with E-state index >= 15 is 0 Å². The number of carbonyl (C=O) groups excluding carboxylic acids is 1. The lowest BCUT2D eigenvalue weighted by Gasteiger charge is -2.03. The Morgan fingerprint density at radius 1 is 1.38 bits per heavy atom. The zero-order chi connectivity index (χ0) is 14.9. The van der Waals surface area contributed by atoms with Gasteiger partial charge in [0.25, 0.3) is 0 Å². The number of nitrogens with zero attached hydrogens (tertiary/aromatic N) is 1. The highest BCUT2D eigenvalue weighted by Crippen LogP contribution is 2.27. The molecule has 0 bridgehead atoms. The van der Waals surface area contributed by atoms with Gasteiger partial charge >= 0.3 is 0 Å². The van der Waals surface area contributed by atoms with Crippen LogP contribution in [0.15, 0.2) is 40.1 Å². The Kier molecular flexibility index (Phi) is 6.72. The fourth-order valence-corrected chi connectivity index (χ4v) is 3.35. The van der Waals surface area contributed by atoms with Crippen LogP contribution >= 0.6 is 23.1 Å². The van der Waals surface area contributed by atoms with Gasteiger partial charge in [0.05, 0.1) is 11.4 Å². The van der Waals surface area contributed by atoms with Crippen molar-refractivity contribution in [3.63, 3.8) is 0 Å². The maximum atomic E-state index is 11.7. The molecule has 112 valence electrons. The minimum absolute atomic E-state index is 0.0348. The number of nitrogens with one attached hydrogen (secondary N) is 1. The van der Waals surface area contributed by atoms with Crippen molar-refractivity contribution in [3.05, 3.63) is 35.7 Å². The van der Waals surface area contributed by atoms with Crippen molar-refractivity contribution in [1.29, 1.82) is 0 Å². The number of carbonyl (C=O) groups is 1. The van der Waals surface area contributed by atoms with Gasteiger partial charge in [0.15, 0.2) is 4.34 Å². The van der Waals surface area contributed by atoms with Crippen LogP contribution < -0.4 is 5.32 Å². The third-order valence-corrected chi connectivity index (χ3v) is 4.75. The number of ether oxygens (including phenoxy) is 1. The van der Waals surface area contributed by atoms with Crippen LogP contribution in [0, 0.1) is 0 Å². The molecule has 0 aliphatic rings. The molecule has 1 amide bonds. The predicted molar refractivity (Wildman–Crippen MR) is 87.8 cm³/mol. The van der Waals surface area contributed by atoms with Crippen LogP contribution in [0.3, 0.4) is 0 Å². The molecule has 0 saturated heterocycles. The van der Waals surface area contributed by atoms with Crippen LogP contribution in [0.2, 0.25) is 0 Å². The monoisotopic (exact) mass is 322 g/mol. The van der Waals surface area contributed by atoms with Gasteiger partial charge in [0.2, 0.25) is 5.91 Å². The Labute approximate surface area is 132 Å². The highest BCUT2D eigenvalue weighted by Gasteiger charge is 2.07. The van der Waals surface area contributed by atoms with E-state index in [0.29, 0.717) is 18.9 Å². The van der Waals surface area contributed by atoms with Gasteiger partial charge in [0.1, 0.15) is 0 Å². The number of thioether (sulfide) groups is 1. The van der Waals surface area contributed by atoms with Crippen LogP contribution in [0.1, 0.15) is 6.42 Å². The number of aromatic nitrogens is 1. The van der Waals surface area contributed by atoms with E-state index in [0.717, 1.165) is 22.0 Å². The second-order valence-electron chi connectivity index (χ2n) is 4.35. The molecule has 0 unspecified atom stereocenters. The average molecular weight is 322 g/mol. The van der Waals surface area contributed by atoms with Crippen molar-refractivity contribution < 1.29 is 9.53 Å². The van der Waals surface area contributed by atoms with E-state index in [1.165, 1.54) is 11.8 Å². The zero-order valence-electron chi connectivity index (χ0n) is 11.9. The molecule has 2 aromatic rings. The van der Waals surface area contributed by atoms with Crippen molar-refractivity contribution in [2.75, 3.05) is 26.0 Å². The van der Waals surface area contributed by atoms with Crippen molar-refractivity contribution >= 4 is 29.0 Å². The smallest absolute Gasteiger partial charge is 0.230 e. The summed E-state index contributed by atoms with van der Waals surface area (Å²) < 4.78 is 5.85. The maximum Gasteiger partial charge on any atom is 0.230 e. The lowest BCUT2D eigenvalue weighted by molar-refractivity contribution is -0.118. The van der Waals surface area contributed by atoms with Crippen LogP contribution in [0.5, 0.6) is 0 Å². The molecule has 2 rings (SSSR count). The molecule has 0 radical (unpaired) electrons.